The van der Waals surface area contributed by atoms with Gasteiger partial charge in [-0.2, -0.15) is 0 Å². The number of piperidine rings is 2. The van der Waals surface area contributed by atoms with Crippen LogP contribution in [-0.2, 0) is 0 Å². The fraction of sp³-hybridized carbons (Fsp3) is 1.00. The summed E-state index contributed by atoms with van der Waals surface area (Å²) in [5.41, 5.74) is 0. The van der Waals surface area contributed by atoms with Gasteiger partial charge in [-0.15, -0.1) is 0 Å². The molecule has 2 fully saturated rings. The molecule has 0 radical (unpaired) electrons. The van der Waals surface area contributed by atoms with Gasteiger partial charge in [0, 0.05) is 12.1 Å². The van der Waals surface area contributed by atoms with Crippen molar-refractivity contribution in [2.24, 2.45) is 5.92 Å². The molecule has 3 atom stereocenters. The van der Waals surface area contributed by atoms with E-state index in [1.54, 1.807) is 0 Å². The van der Waals surface area contributed by atoms with Crippen molar-refractivity contribution in [2.45, 2.75) is 51.1 Å². The fourth-order valence-corrected chi connectivity index (χ4v) is 3.05. The third-order valence-corrected chi connectivity index (χ3v) is 3.88. The molecule has 2 heterocycles. The summed E-state index contributed by atoms with van der Waals surface area (Å²) >= 11 is 0. The lowest BCUT2D eigenvalue weighted by Crippen LogP contribution is -2.53. The maximum absolute atomic E-state index is 9.27. The predicted molar refractivity (Wildman–Crippen MR) is 53.6 cm³/mol. The van der Waals surface area contributed by atoms with Gasteiger partial charge in [-0.25, -0.2) is 0 Å². The molecule has 2 aliphatic heterocycles. The van der Waals surface area contributed by atoms with Gasteiger partial charge in [0.25, 0.3) is 0 Å². The van der Waals surface area contributed by atoms with Crippen molar-refractivity contribution >= 4 is 0 Å². The largest absolute Gasteiger partial charge is 0.395 e. The van der Waals surface area contributed by atoms with E-state index in [0.29, 0.717) is 12.6 Å². The van der Waals surface area contributed by atoms with E-state index >= 15 is 0 Å². The topological polar surface area (TPSA) is 23.5 Å². The summed E-state index contributed by atoms with van der Waals surface area (Å²) in [5.74, 6) is 0.850. The molecule has 13 heavy (non-hydrogen) atoms. The third-order valence-electron chi connectivity index (χ3n) is 3.88. The number of hydrogen-bond acceptors (Lipinski definition) is 2. The van der Waals surface area contributed by atoms with Gasteiger partial charge >= 0.3 is 0 Å². The Labute approximate surface area is 80.9 Å². The van der Waals surface area contributed by atoms with Crippen LogP contribution in [0.15, 0.2) is 0 Å². The van der Waals surface area contributed by atoms with Gasteiger partial charge in [-0.3, -0.25) is 4.90 Å². The zero-order valence-electron chi connectivity index (χ0n) is 8.58. The van der Waals surface area contributed by atoms with E-state index in [4.69, 9.17) is 0 Å². The van der Waals surface area contributed by atoms with Crippen LogP contribution in [0.25, 0.3) is 0 Å². The molecule has 0 amide bonds. The number of hydrogen-bond donors (Lipinski definition) is 1. The van der Waals surface area contributed by atoms with Crippen LogP contribution in [0, 0.1) is 5.92 Å². The van der Waals surface area contributed by atoms with Crippen LogP contribution in [0.5, 0.6) is 0 Å². The number of fused-ring (bicyclic) bond motifs is 1. The van der Waals surface area contributed by atoms with Gasteiger partial charge in [0.15, 0.2) is 0 Å². The van der Waals surface area contributed by atoms with Crippen LogP contribution in [0.3, 0.4) is 0 Å². The van der Waals surface area contributed by atoms with Gasteiger partial charge in [0.2, 0.25) is 0 Å². The van der Waals surface area contributed by atoms with Crippen molar-refractivity contribution in [3.63, 3.8) is 0 Å². The zero-order chi connectivity index (χ0) is 9.26. The number of rotatable bonds is 1. The lowest BCUT2D eigenvalue weighted by molar-refractivity contribution is -0.00581. The summed E-state index contributed by atoms with van der Waals surface area (Å²) in [7, 11) is 0. The molecule has 0 bridgehead atoms. The highest BCUT2D eigenvalue weighted by Crippen LogP contribution is 2.33. The molecule has 76 valence electrons. The Balaban J connectivity index is 2.05. The number of aliphatic hydroxyl groups excluding tert-OH is 1. The second-order valence-electron chi connectivity index (χ2n) is 4.69. The van der Waals surface area contributed by atoms with Gasteiger partial charge < -0.3 is 5.11 Å². The molecule has 2 saturated heterocycles. The summed E-state index contributed by atoms with van der Waals surface area (Å²) in [6.45, 7) is 3.96. The molecule has 1 N–H and O–H groups in total. The highest BCUT2D eigenvalue weighted by Gasteiger charge is 2.35. The molecule has 2 rings (SSSR count). The summed E-state index contributed by atoms with van der Waals surface area (Å²) in [6.07, 6.45) is 6.60. The monoisotopic (exact) mass is 183 g/mol. The SMILES string of the molecule is C[C@@H]1CC[C@H](CO)N2CCCC[C@H]12. The summed E-state index contributed by atoms with van der Waals surface area (Å²) in [4.78, 5) is 2.57. The molecule has 0 spiro atoms. The average Bonchev–Trinajstić information content (AvgIpc) is 2.19. The minimum atomic E-state index is 0.364. The first-order chi connectivity index (χ1) is 6.33. The summed E-state index contributed by atoms with van der Waals surface area (Å²) < 4.78 is 0. The minimum Gasteiger partial charge on any atom is -0.395 e. The molecule has 0 aromatic rings. The van der Waals surface area contributed by atoms with E-state index in [1.165, 1.54) is 38.6 Å². The van der Waals surface area contributed by atoms with E-state index in [-0.39, 0.29) is 0 Å². The zero-order valence-corrected chi connectivity index (χ0v) is 8.58. The molecule has 0 aliphatic carbocycles. The van der Waals surface area contributed by atoms with Crippen LogP contribution >= 0.6 is 0 Å². The maximum atomic E-state index is 9.27. The van der Waals surface area contributed by atoms with Crippen molar-refractivity contribution in [2.75, 3.05) is 13.2 Å². The highest BCUT2D eigenvalue weighted by atomic mass is 16.3. The molecule has 2 nitrogen and oxygen atoms in total. The van der Waals surface area contributed by atoms with Gasteiger partial charge in [-0.1, -0.05) is 13.3 Å². The highest BCUT2D eigenvalue weighted by molar-refractivity contribution is 4.90. The molecule has 0 saturated carbocycles. The smallest absolute Gasteiger partial charge is 0.0586 e. The van der Waals surface area contributed by atoms with Crippen LogP contribution in [-0.4, -0.2) is 35.2 Å². The molecule has 0 aromatic heterocycles. The first kappa shape index (κ1) is 9.47. The Morgan fingerprint density at radius 2 is 2.08 bits per heavy atom. The summed E-state index contributed by atoms with van der Waals surface area (Å²) in [6, 6.07) is 1.25. The third kappa shape index (κ3) is 1.75. The molecule has 2 aliphatic rings. The molecule has 0 aromatic carbocycles. The Morgan fingerprint density at radius 1 is 1.23 bits per heavy atom. The maximum Gasteiger partial charge on any atom is 0.0586 e. The minimum absolute atomic E-state index is 0.364. The van der Waals surface area contributed by atoms with Crippen LogP contribution in [0.2, 0.25) is 0 Å². The fourth-order valence-electron chi connectivity index (χ4n) is 3.05. The van der Waals surface area contributed by atoms with E-state index in [1.807, 2.05) is 0 Å². The van der Waals surface area contributed by atoms with E-state index in [2.05, 4.69) is 11.8 Å². The van der Waals surface area contributed by atoms with Crippen molar-refractivity contribution in [1.82, 2.24) is 4.90 Å². The van der Waals surface area contributed by atoms with E-state index < -0.39 is 0 Å². The molecule has 0 unspecified atom stereocenters. The summed E-state index contributed by atoms with van der Waals surface area (Å²) in [5, 5.41) is 9.27. The van der Waals surface area contributed by atoms with Crippen LogP contribution in [0.1, 0.15) is 39.0 Å². The normalized spacial score (nSPS) is 41.5. The van der Waals surface area contributed by atoms with Crippen LogP contribution in [0.4, 0.5) is 0 Å². The van der Waals surface area contributed by atoms with Crippen molar-refractivity contribution in [3.05, 3.63) is 0 Å². The predicted octanol–water partition coefficient (Wildman–Crippen LogP) is 1.63. The van der Waals surface area contributed by atoms with Crippen LogP contribution < -0.4 is 0 Å². The standard InChI is InChI=1S/C11H21NO/c1-9-5-6-10(8-13)12-7-3-2-4-11(9)12/h9-11,13H,2-8H2,1H3/t9-,10-,11-/m1/s1. The van der Waals surface area contributed by atoms with Crippen molar-refractivity contribution in [3.8, 4) is 0 Å². The van der Waals surface area contributed by atoms with Gasteiger partial charge in [-0.05, 0) is 38.1 Å². The van der Waals surface area contributed by atoms with E-state index in [9.17, 15) is 5.11 Å². The Morgan fingerprint density at radius 3 is 2.85 bits per heavy atom. The van der Waals surface area contributed by atoms with Gasteiger partial charge in [0.05, 0.1) is 6.61 Å². The Bertz CT molecular complexity index is 171. The second-order valence-corrected chi connectivity index (χ2v) is 4.69. The lowest BCUT2D eigenvalue weighted by atomic mass is 9.82. The van der Waals surface area contributed by atoms with Crippen molar-refractivity contribution in [1.29, 1.82) is 0 Å². The number of nitrogens with zero attached hydrogens (tertiary/aromatic N) is 1. The van der Waals surface area contributed by atoms with Crippen molar-refractivity contribution < 1.29 is 5.11 Å². The number of aliphatic hydroxyl groups is 1. The second kappa shape index (κ2) is 3.97. The first-order valence-corrected chi connectivity index (χ1v) is 5.69. The molecular formula is C11H21NO. The van der Waals surface area contributed by atoms with Gasteiger partial charge in [0.1, 0.15) is 0 Å². The molecule has 2 heteroatoms. The van der Waals surface area contributed by atoms with E-state index in [0.717, 1.165) is 12.0 Å². The first-order valence-electron chi connectivity index (χ1n) is 5.69. The Hall–Kier alpha value is -0.0800. The quantitative estimate of drug-likeness (QED) is 0.668. The Kier molecular flexibility index (Phi) is 2.89. The average molecular weight is 183 g/mol. The molecular weight excluding hydrogens is 162 g/mol. The lowest BCUT2D eigenvalue weighted by Gasteiger charge is -2.47.